The molecule has 1 saturated heterocycles. The lowest BCUT2D eigenvalue weighted by atomic mass is 9.97. The molecule has 0 saturated carbocycles. The predicted molar refractivity (Wildman–Crippen MR) is 91.3 cm³/mol. The van der Waals surface area contributed by atoms with Gasteiger partial charge in [-0.25, -0.2) is 0 Å². The molecule has 2 aromatic rings. The summed E-state index contributed by atoms with van der Waals surface area (Å²) in [6, 6.07) is 7.52. The van der Waals surface area contributed by atoms with Crippen LogP contribution in [0, 0.1) is 5.92 Å². The standard InChI is InChI=1S/C17H23ClN4O/c1-2-19-11-13-6-8-22(9-7-13)12-16-20-17(21-23-16)14-4-3-5-15(18)10-14/h3-5,10,13,19H,2,6-9,11-12H2,1H3. The smallest absolute Gasteiger partial charge is 0.241 e. The van der Waals surface area contributed by atoms with Crippen molar-refractivity contribution in [3.05, 3.63) is 35.2 Å². The summed E-state index contributed by atoms with van der Waals surface area (Å²) in [5.74, 6) is 2.06. The summed E-state index contributed by atoms with van der Waals surface area (Å²) in [4.78, 5) is 6.88. The molecular formula is C17H23ClN4O. The maximum Gasteiger partial charge on any atom is 0.241 e. The lowest BCUT2D eigenvalue weighted by Crippen LogP contribution is -2.36. The molecular weight excluding hydrogens is 312 g/mol. The molecule has 5 nitrogen and oxygen atoms in total. The normalized spacial score (nSPS) is 16.8. The lowest BCUT2D eigenvalue weighted by molar-refractivity contribution is 0.158. The van der Waals surface area contributed by atoms with E-state index in [9.17, 15) is 0 Å². The van der Waals surface area contributed by atoms with Crippen LogP contribution >= 0.6 is 11.6 Å². The summed E-state index contributed by atoms with van der Waals surface area (Å²) in [5, 5.41) is 8.18. The average Bonchev–Trinajstić information content (AvgIpc) is 3.03. The summed E-state index contributed by atoms with van der Waals surface area (Å²) < 4.78 is 5.40. The van der Waals surface area contributed by atoms with E-state index in [1.165, 1.54) is 12.8 Å². The number of rotatable bonds is 6. The van der Waals surface area contributed by atoms with Crippen molar-refractivity contribution in [2.75, 3.05) is 26.2 Å². The highest BCUT2D eigenvalue weighted by atomic mass is 35.5. The van der Waals surface area contributed by atoms with E-state index in [0.29, 0.717) is 16.7 Å². The molecule has 124 valence electrons. The summed E-state index contributed by atoms with van der Waals surface area (Å²) in [6.45, 7) is 7.23. The van der Waals surface area contributed by atoms with Crippen LogP contribution in [0.15, 0.2) is 28.8 Å². The van der Waals surface area contributed by atoms with E-state index in [1.807, 2.05) is 24.3 Å². The van der Waals surface area contributed by atoms with Crippen LogP contribution in [0.5, 0.6) is 0 Å². The molecule has 1 aliphatic rings. The number of piperidine rings is 1. The van der Waals surface area contributed by atoms with Crippen LogP contribution in [0.1, 0.15) is 25.7 Å². The number of nitrogens with zero attached hydrogens (tertiary/aromatic N) is 3. The van der Waals surface area contributed by atoms with Crippen molar-refractivity contribution in [1.82, 2.24) is 20.4 Å². The van der Waals surface area contributed by atoms with Crippen LogP contribution < -0.4 is 5.32 Å². The Labute approximate surface area is 142 Å². The zero-order valence-corrected chi connectivity index (χ0v) is 14.2. The van der Waals surface area contributed by atoms with Crippen LogP contribution in [-0.2, 0) is 6.54 Å². The van der Waals surface area contributed by atoms with Crippen LogP contribution in [0.2, 0.25) is 5.02 Å². The third-order valence-corrected chi connectivity index (χ3v) is 4.54. The molecule has 0 radical (unpaired) electrons. The zero-order chi connectivity index (χ0) is 16.1. The SMILES string of the molecule is CCNCC1CCN(Cc2nc(-c3cccc(Cl)c3)no2)CC1. The highest BCUT2D eigenvalue weighted by molar-refractivity contribution is 6.30. The molecule has 1 aromatic heterocycles. The molecule has 0 amide bonds. The van der Waals surface area contributed by atoms with Crippen molar-refractivity contribution in [1.29, 1.82) is 0 Å². The molecule has 2 heterocycles. The summed E-state index contributed by atoms with van der Waals surface area (Å²) in [5.41, 5.74) is 0.886. The number of halogens is 1. The largest absolute Gasteiger partial charge is 0.338 e. The average molecular weight is 335 g/mol. The summed E-state index contributed by atoms with van der Waals surface area (Å²) >= 11 is 6.01. The van der Waals surface area contributed by atoms with Crippen LogP contribution in [0.25, 0.3) is 11.4 Å². The van der Waals surface area contributed by atoms with E-state index in [1.54, 1.807) is 0 Å². The third kappa shape index (κ3) is 4.53. The summed E-state index contributed by atoms with van der Waals surface area (Å²) in [7, 11) is 0. The van der Waals surface area contributed by atoms with E-state index in [0.717, 1.165) is 44.2 Å². The fourth-order valence-corrected chi connectivity index (χ4v) is 3.14. The van der Waals surface area contributed by atoms with Gasteiger partial charge < -0.3 is 9.84 Å². The van der Waals surface area contributed by atoms with Gasteiger partial charge in [0.1, 0.15) is 0 Å². The quantitative estimate of drug-likeness (QED) is 0.879. The van der Waals surface area contributed by atoms with E-state index in [4.69, 9.17) is 16.1 Å². The fraction of sp³-hybridized carbons (Fsp3) is 0.529. The molecule has 1 aromatic carbocycles. The number of hydrogen-bond donors (Lipinski definition) is 1. The Morgan fingerprint density at radius 1 is 1.35 bits per heavy atom. The number of aromatic nitrogens is 2. The van der Waals surface area contributed by atoms with Gasteiger partial charge in [0.25, 0.3) is 0 Å². The second-order valence-corrected chi connectivity index (χ2v) is 6.49. The summed E-state index contributed by atoms with van der Waals surface area (Å²) in [6.07, 6.45) is 2.45. The zero-order valence-electron chi connectivity index (χ0n) is 13.5. The maximum atomic E-state index is 6.01. The first-order valence-electron chi connectivity index (χ1n) is 8.26. The van der Waals surface area contributed by atoms with E-state index >= 15 is 0 Å². The Kier molecular flexibility index (Phi) is 5.65. The van der Waals surface area contributed by atoms with Gasteiger partial charge in [-0.05, 0) is 57.1 Å². The van der Waals surface area contributed by atoms with Gasteiger partial charge in [-0.2, -0.15) is 4.98 Å². The molecule has 0 unspecified atom stereocenters. The van der Waals surface area contributed by atoms with Gasteiger partial charge in [0.15, 0.2) is 0 Å². The van der Waals surface area contributed by atoms with Gasteiger partial charge >= 0.3 is 0 Å². The van der Waals surface area contributed by atoms with Crippen molar-refractivity contribution < 1.29 is 4.52 Å². The first-order chi connectivity index (χ1) is 11.2. The lowest BCUT2D eigenvalue weighted by Gasteiger charge is -2.30. The monoisotopic (exact) mass is 334 g/mol. The number of benzene rings is 1. The minimum atomic E-state index is 0.601. The fourth-order valence-electron chi connectivity index (χ4n) is 2.95. The van der Waals surface area contributed by atoms with Crippen molar-refractivity contribution >= 4 is 11.6 Å². The molecule has 1 aliphatic heterocycles. The minimum absolute atomic E-state index is 0.601. The van der Waals surface area contributed by atoms with Crippen molar-refractivity contribution in [2.24, 2.45) is 5.92 Å². The van der Waals surface area contributed by atoms with Gasteiger partial charge in [-0.15, -0.1) is 0 Å². The number of nitrogens with one attached hydrogen (secondary N) is 1. The van der Waals surface area contributed by atoms with Crippen LogP contribution in [0.4, 0.5) is 0 Å². The molecule has 3 rings (SSSR count). The minimum Gasteiger partial charge on any atom is -0.338 e. The third-order valence-electron chi connectivity index (χ3n) is 4.30. The highest BCUT2D eigenvalue weighted by Crippen LogP contribution is 2.22. The van der Waals surface area contributed by atoms with Gasteiger partial charge in [-0.1, -0.05) is 35.8 Å². The molecule has 1 fully saturated rings. The number of likely N-dealkylation sites (tertiary alicyclic amines) is 1. The van der Waals surface area contributed by atoms with Gasteiger partial charge in [0, 0.05) is 10.6 Å². The van der Waals surface area contributed by atoms with Gasteiger partial charge in [0.05, 0.1) is 6.54 Å². The molecule has 0 bridgehead atoms. The Bertz CT molecular complexity index is 623. The van der Waals surface area contributed by atoms with E-state index in [2.05, 4.69) is 27.3 Å². The Balaban J connectivity index is 1.54. The van der Waals surface area contributed by atoms with Crippen molar-refractivity contribution in [3.8, 4) is 11.4 Å². The van der Waals surface area contributed by atoms with E-state index in [-0.39, 0.29) is 0 Å². The first kappa shape index (κ1) is 16.4. The Morgan fingerprint density at radius 3 is 2.91 bits per heavy atom. The van der Waals surface area contributed by atoms with Gasteiger partial charge in [-0.3, -0.25) is 4.90 Å². The van der Waals surface area contributed by atoms with Crippen LogP contribution in [0.3, 0.4) is 0 Å². The predicted octanol–water partition coefficient (Wildman–Crippen LogP) is 3.21. The second kappa shape index (κ2) is 7.90. The molecule has 6 heteroatoms. The van der Waals surface area contributed by atoms with Gasteiger partial charge in [0.2, 0.25) is 11.7 Å². The Morgan fingerprint density at radius 2 is 2.17 bits per heavy atom. The molecule has 0 spiro atoms. The molecule has 23 heavy (non-hydrogen) atoms. The van der Waals surface area contributed by atoms with Crippen molar-refractivity contribution in [3.63, 3.8) is 0 Å². The Hall–Kier alpha value is -1.43. The molecule has 1 N–H and O–H groups in total. The topological polar surface area (TPSA) is 54.2 Å². The second-order valence-electron chi connectivity index (χ2n) is 6.05. The maximum absolute atomic E-state index is 6.01. The number of hydrogen-bond acceptors (Lipinski definition) is 5. The molecule has 0 atom stereocenters. The first-order valence-corrected chi connectivity index (χ1v) is 8.64. The van der Waals surface area contributed by atoms with Crippen molar-refractivity contribution in [2.45, 2.75) is 26.3 Å². The molecule has 0 aliphatic carbocycles. The highest BCUT2D eigenvalue weighted by Gasteiger charge is 2.20. The van der Waals surface area contributed by atoms with E-state index < -0.39 is 0 Å². The van der Waals surface area contributed by atoms with Crippen LogP contribution in [-0.4, -0.2) is 41.2 Å².